The van der Waals surface area contributed by atoms with Crippen molar-refractivity contribution >= 4 is 21.4 Å². The van der Waals surface area contributed by atoms with Gasteiger partial charge in [-0.25, -0.2) is 12.8 Å². The zero-order chi connectivity index (χ0) is 18.6. The zero-order valence-corrected chi connectivity index (χ0v) is 15.8. The Bertz CT molecular complexity index is 958. The maximum absolute atomic E-state index is 14.0. The van der Waals surface area contributed by atoms with Gasteiger partial charge in [0.25, 0.3) is 10.0 Å². The summed E-state index contributed by atoms with van der Waals surface area (Å²) in [4.78, 5) is 0. The molecule has 0 aliphatic rings. The van der Waals surface area contributed by atoms with Crippen molar-refractivity contribution in [3.63, 3.8) is 0 Å². The topological polar surface area (TPSA) is 46.6 Å². The summed E-state index contributed by atoms with van der Waals surface area (Å²) in [6, 6.07) is 17.1. The lowest BCUT2D eigenvalue weighted by atomic mass is 10.2. The van der Waals surface area contributed by atoms with Gasteiger partial charge >= 0.3 is 0 Å². The van der Waals surface area contributed by atoms with Crippen LogP contribution in [0.2, 0.25) is 0 Å². The third-order valence-electron chi connectivity index (χ3n) is 3.87. The summed E-state index contributed by atoms with van der Waals surface area (Å²) in [7, 11) is -2.29. The highest BCUT2D eigenvalue weighted by atomic mass is 32.2. The number of nitrogens with zero attached hydrogens (tertiary/aromatic N) is 1. The summed E-state index contributed by atoms with van der Waals surface area (Å²) in [5.74, 6) is -0.386. The van der Waals surface area contributed by atoms with Gasteiger partial charge in [0.2, 0.25) is 0 Å². The Labute approximate surface area is 156 Å². The fraction of sp³-hybridized carbons (Fsp3) is 0.158. The molecule has 0 bridgehead atoms. The van der Waals surface area contributed by atoms with Crippen molar-refractivity contribution < 1.29 is 17.5 Å². The van der Waals surface area contributed by atoms with Gasteiger partial charge in [-0.2, -0.15) is 4.31 Å². The number of halogens is 1. The Morgan fingerprint density at radius 1 is 1.00 bits per heavy atom. The largest absolute Gasteiger partial charge is 0.494 e. The van der Waals surface area contributed by atoms with E-state index in [1.165, 1.54) is 23.5 Å². The van der Waals surface area contributed by atoms with Crippen molar-refractivity contribution in [3.05, 3.63) is 83.0 Å². The van der Waals surface area contributed by atoms with E-state index in [4.69, 9.17) is 4.74 Å². The molecule has 0 aliphatic carbocycles. The van der Waals surface area contributed by atoms with Gasteiger partial charge in [-0.1, -0.05) is 42.5 Å². The van der Waals surface area contributed by atoms with Crippen LogP contribution in [0.1, 0.15) is 11.1 Å². The Morgan fingerprint density at radius 3 is 2.35 bits per heavy atom. The molecule has 0 saturated heterocycles. The molecule has 136 valence electrons. The van der Waals surface area contributed by atoms with E-state index in [9.17, 15) is 12.8 Å². The highest BCUT2D eigenvalue weighted by Crippen LogP contribution is 2.26. The second-order valence-electron chi connectivity index (χ2n) is 5.66. The molecule has 0 radical (unpaired) electrons. The lowest BCUT2D eigenvalue weighted by Gasteiger charge is -2.22. The van der Waals surface area contributed by atoms with Crippen LogP contribution >= 0.6 is 11.3 Å². The lowest BCUT2D eigenvalue weighted by Crippen LogP contribution is -2.29. The summed E-state index contributed by atoms with van der Waals surface area (Å²) in [5, 5.41) is 1.72. The first-order valence-electron chi connectivity index (χ1n) is 7.90. The Hall–Kier alpha value is -2.22. The van der Waals surface area contributed by atoms with Crippen LogP contribution in [-0.4, -0.2) is 19.8 Å². The first-order chi connectivity index (χ1) is 12.5. The molecule has 0 spiro atoms. The third kappa shape index (κ3) is 4.12. The number of ether oxygens (including phenoxy) is 1. The molecule has 0 unspecified atom stereocenters. The van der Waals surface area contributed by atoms with Crippen LogP contribution in [0.4, 0.5) is 4.39 Å². The number of hydrogen-bond acceptors (Lipinski definition) is 4. The molecule has 26 heavy (non-hydrogen) atoms. The second-order valence-corrected chi connectivity index (χ2v) is 8.77. The van der Waals surface area contributed by atoms with Crippen molar-refractivity contribution in [2.45, 2.75) is 17.3 Å². The molecule has 1 heterocycles. The van der Waals surface area contributed by atoms with Gasteiger partial charge in [0, 0.05) is 13.1 Å². The van der Waals surface area contributed by atoms with E-state index in [0.717, 1.165) is 16.9 Å². The van der Waals surface area contributed by atoms with Gasteiger partial charge in [0.15, 0.2) is 11.6 Å². The molecular weight excluding hydrogens is 373 g/mol. The van der Waals surface area contributed by atoms with Gasteiger partial charge in [-0.05, 0) is 34.7 Å². The van der Waals surface area contributed by atoms with Crippen LogP contribution in [0.5, 0.6) is 5.75 Å². The summed E-state index contributed by atoms with van der Waals surface area (Å²) in [6.07, 6.45) is 0. The van der Waals surface area contributed by atoms with E-state index in [1.807, 2.05) is 30.3 Å². The highest BCUT2D eigenvalue weighted by Gasteiger charge is 2.26. The Balaban J connectivity index is 1.94. The molecule has 4 nitrogen and oxygen atoms in total. The monoisotopic (exact) mass is 391 g/mol. The smallest absolute Gasteiger partial charge is 0.253 e. The predicted octanol–water partition coefficient (Wildman–Crippen LogP) is 4.29. The van der Waals surface area contributed by atoms with Crippen LogP contribution in [-0.2, 0) is 23.1 Å². The molecule has 0 amide bonds. The molecule has 0 atom stereocenters. The van der Waals surface area contributed by atoms with Crippen LogP contribution in [0.25, 0.3) is 0 Å². The fourth-order valence-electron chi connectivity index (χ4n) is 2.56. The van der Waals surface area contributed by atoms with E-state index in [-0.39, 0.29) is 23.0 Å². The first-order valence-corrected chi connectivity index (χ1v) is 10.2. The quantitative estimate of drug-likeness (QED) is 0.604. The molecule has 0 aliphatic heterocycles. The predicted molar refractivity (Wildman–Crippen MR) is 100 cm³/mol. The van der Waals surface area contributed by atoms with Gasteiger partial charge in [-0.15, -0.1) is 11.3 Å². The minimum absolute atomic E-state index is 0.0655. The van der Waals surface area contributed by atoms with Crippen LogP contribution in [0.15, 0.2) is 70.3 Å². The molecule has 3 aromatic rings. The van der Waals surface area contributed by atoms with E-state index >= 15 is 0 Å². The normalized spacial score (nSPS) is 11.7. The van der Waals surface area contributed by atoms with Crippen molar-refractivity contribution in [2.24, 2.45) is 0 Å². The standard InChI is InChI=1S/C19H18FNO3S2/c1-24-18-10-9-16(12-17(18)20)14-21(13-15-6-3-2-4-7-15)26(22,23)19-8-5-11-25-19/h2-12H,13-14H2,1H3. The highest BCUT2D eigenvalue weighted by molar-refractivity contribution is 7.91. The molecule has 7 heteroatoms. The molecule has 2 aromatic carbocycles. The Kier molecular flexibility index (Phi) is 5.70. The number of rotatable bonds is 7. The molecule has 0 saturated carbocycles. The van der Waals surface area contributed by atoms with Crippen LogP contribution < -0.4 is 4.74 Å². The van der Waals surface area contributed by atoms with Gasteiger partial charge in [-0.3, -0.25) is 0 Å². The third-order valence-corrected chi connectivity index (χ3v) is 7.03. The van der Waals surface area contributed by atoms with Crippen LogP contribution in [0, 0.1) is 5.82 Å². The lowest BCUT2D eigenvalue weighted by molar-refractivity contribution is 0.382. The summed E-state index contributed by atoms with van der Waals surface area (Å²) in [6.45, 7) is 0.269. The molecular formula is C19H18FNO3S2. The van der Waals surface area contributed by atoms with E-state index in [0.29, 0.717) is 5.56 Å². The molecule has 3 rings (SSSR count). The molecule has 1 aromatic heterocycles. The van der Waals surface area contributed by atoms with E-state index in [2.05, 4.69) is 0 Å². The number of methoxy groups -OCH3 is 1. The number of thiophene rings is 1. The van der Waals surface area contributed by atoms with Crippen molar-refractivity contribution in [3.8, 4) is 5.75 Å². The van der Waals surface area contributed by atoms with Gasteiger partial charge in [0.1, 0.15) is 4.21 Å². The van der Waals surface area contributed by atoms with Crippen molar-refractivity contribution in [2.75, 3.05) is 7.11 Å². The van der Waals surface area contributed by atoms with Crippen molar-refractivity contribution in [1.29, 1.82) is 0 Å². The molecule has 0 N–H and O–H groups in total. The zero-order valence-electron chi connectivity index (χ0n) is 14.1. The summed E-state index contributed by atoms with van der Waals surface area (Å²) in [5.41, 5.74) is 1.42. The van der Waals surface area contributed by atoms with Gasteiger partial charge < -0.3 is 4.74 Å². The Morgan fingerprint density at radius 2 is 1.73 bits per heavy atom. The fourth-order valence-corrected chi connectivity index (χ4v) is 5.12. The average Bonchev–Trinajstić information content (AvgIpc) is 3.18. The minimum Gasteiger partial charge on any atom is -0.494 e. The van der Waals surface area contributed by atoms with Gasteiger partial charge in [0.05, 0.1) is 7.11 Å². The number of hydrogen-bond donors (Lipinski definition) is 0. The number of benzene rings is 2. The van der Waals surface area contributed by atoms with E-state index in [1.54, 1.807) is 23.6 Å². The first kappa shape index (κ1) is 18.6. The maximum atomic E-state index is 14.0. The van der Waals surface area contributed by atoms with Crippen molar-refractivity contribution in [1.82, 2.24) is 4.31 Å². The minimum atomic E-state index is -3.68. The SMILES string of the molecule is COc1ccc(CN(Cc2ccccc2)S(=O)(=O)c2cccs2)cc1F. The molecule has 0 fully saturated rings. The van der Waals surface area contributed by atoms with E-state index < -0.39 is 15.8 Å². The average molecular weight is 391 g/mol. The second kappa shape index (κ2) is 7.99. The summed E-state index contributed by atoms with van der Waals surface area (Å²) < 4.78 is 46.6. The maximum Gasteiger partial charge on any atom is 0.253 e. The summed E-state index contributed by atoms with van der Waals surface area (Å²) >= 11 is 1.16. The van der Waals surface area contributed by atoms with Crippen LogP contribution in [0.3, 0.4) is 0 Å². The number of sulfonamides is 1.